The number of hydrogen-bond donors (Lipinski definition) is 1. The Morgan fingerprint density at radius 1 is 1.05 bits per heavy atom. The molecule has 20 heavy (non-hydrogen) atoms. The van der Waals surface area contributed by atoms with E-state index in [1.54, 1.807) is 30.3 Å². The molecule has 1 N–H and O–H groups in total. The van der Waals surface area contributed by atoms with Gasteiger partial charge in [-0.2, -0.15) is 0 Å². The Labute approximate surface area is 119 Å². The van der Waals surface area contributed by atoms with E-state index in [-0.39, 0.29) is 0 Å². The van der Waals surface area contributed by atoms with Crippen molar-refractivity contribution in [1.29, 1.82) is 0 Å². The highest BCUT2D eigenvalue weighted by atomic mass is 35.5. The van der Waals surface area contributed by atoms with Crippen molar-refractivity contribution in [3.8, 4) is 5.69 Å². The average molecular weight is 287 g/mol. The zero-order chi connectivity index (χ0) is 14.3. The first-order chi connectivity index (χ1) is 9.58. The Morgan fingerprint density at radius 3 is 2.45 bits per heavy atom. The number of hydrogen-bond acceptors (Lipinski definition) is 2. The Balaban J connectivity index is 2.43. The van der Waals surface area contributed by atoms with Gasteiger partial charge in [0.25, 0.3) is 5.56 Å². The fourth-order valence-corrected chi connectivity index (χ4v) is 2.40. The van der Waals surface area contributed by atoms with E-state index < -0.39 is 11.2 Å². The summed E-state index contributed by atoms with van der Waals surface area (Å²) in [4.78, 5) is 27.3. The molecule has 3 aromatic rings. The summed E-state index contributed by atoms with van der Waals surface area (Å²) in [6, 6.07) is 12.1. The number of aromatic nitrogens is 2. The van der Waals surface area contributed by atoms with Gasteiger partial charge in [0.1, 0.15) is 0 Å². The molecule has 4 nitrogen and oxygen atoms in total. The number of nitrogens with zero attached hydrogens (tertiary/aromatic N) is 1. The van der Waals surface area contributed by atoms with Crippen LogP contribution in [-0.4, -0.2) is 9.55 Å². The molecule has 3 rings (SSSR count). The first-order valence-corrected chi connectivity index (χ1v) is 6.46. The summed E-state index contributed by atoms with van der Waals surface area (Å²) in [6.07, 6.45) is 0. The largest absolute Gasteiger partial charge is 0.333 e. The van der Waals surface area contributed by atoms with E-state index in [4.69, 9.17) is 11.6 Å². The zero-order valence-electron chi connectivity index (χ0n) is 10.7. The molecule has 0 bridgehead atoms. The summed E-state index contributed by atoms with van der Waals surface area (Å²) in [7, 11) is 0. The number of aromatic amines is 1. The number of aryl methyl sites for hydroxylation is 1. The van der Waals surface area contributed by atoms with Gasteiger partial charge in [-0.1, -0.05) is 35.4 Å². The number of H-pyrrole nitrogens is 1. The monoisotopic (exact) mass is 286 g/mol. The molecule has 1 heterocycles. The lowest BCUT2D eigenvalue weighted by Crippen LogP contribution is -2.33. The Kier molecular flexibility index (Phi) is 2.95. The molecule has 0 radical (unpaired) electrons. The summed E-state index contributed by atoms with van der Waals surface area (Å²) in [6.45, 7) is 1.94. The van der Waals surface area contributed by atoms with Crippen LogP contribution in [0.2, 0.25) is 5.02 Å². The molecule has 2 aromatic carbocycles. The van der Waals surface area contributed by atoms with Gasteiger partial charge in [0.05, 0.1) is 21.6 Å². The summed E-state index contributed by atoms with van der Waals surface area (Å²) in [5.41, 5.74) is 1.11. The Morgan fingerprint density at radius 2 is 1.75 bits per heavy atom. The van der Waals surface area contributed by atoms with Crippen molar-refractivity contribution in [1.82, 2.24) is 9.55 Å². The Hall–Kier alpha value is -2.33. The predicted molar refractivity (Wildman–Crippen MR) is 79.9 cm³/mol. The second kappa shape index (κ2) is 4.65. The van der Waals surface area contributed by atoms with Gasteiger partial charge in [-0.3, -0.25) is 4.79 Å². The normalized spacial score (nSPS) is 10.9. The molecule has 0 amide bonds. The second-order valence-corrected chi connectivity index (χ2v) is 4.98. The molecule has 0 fully saturated rings. The number of nitrogens with one attached hydrogen (secondary N) is 1. The fourth-order valence-electron chi connectivity index (χ4n) is 2.15. The van der Waals surface area contributed by atoms with Crippen LogP contribution >= 0.6 is 11.6 Å². The molecule has 0 unspecified atom stereocenters. The van der Waals surface area contributed by atoms with Gasteiger partial charge in [-0.05, 0) is 31.2 Å². The van der Waals surface area contributed by atoms with E-state index in [0.29, 0.717) is 21.6 Å². The van der Waals surface area contributed by atoms with Gasteiger partial charge >= 0.3 is 5.69 Å². The summed E-state index contributed by atoms with van der Waals surface area (Å²) < 4.78 is 1.09. The smallest absolute Gasteiger partial charge is 0.306 e. The van der Waals surface area contributed by atoms with E-state index in [1.807, 2.05) is 19.1 Å². The lowest BCUT2D eigenvalue weighted by Gasteiger charge is -2.07. The van der Waals surface area contributed by atoms with Crippen molar-refractivity contribution in [2.45, 2.75) is 6.92 Å². The average Bonchev–Trinajstić information content (AvgIpc) is 2.40. The highest BCUT2D eigenvalue weighted by Gasteiger charge is 2.11. The van der Waals surface area contributed by atoms with Crippen molar-refractivity contribution in [3.63, 3.8) is 0 Å². The first-order valence-electron chi connectivity index (χ1n) is 6.08. The highest BCUT2D eigenvalue weighted by Crippen LogP contribution is 2.17. The van der Waals surface area contributed by atoms with Crippen molar-refractivity contribution in [2.24, 2.45) is 0 Å². The van der Waals surface area contributed by atoms with Crippen molar-refractivity contribution >= 4 is 22.5 Å². The number of benzene rings is 2. The van der Waals surface area contributed by atoms with Crippen molar-refractivity contribution in [2.75, 3.05) is 0 Å². The van der Waals surface area contributed by atoms with Gasteiger partial charge in [0.2, 0.25) is 0 Å². The van der Waals surface area contributed by atoms with Crippen LogP contribution in [0, 0.1) is 6.92 Å². The lowest BCUT2D eigenvalue weighted by molar-refractivity contribution is 0.901. The third-order valence-electron chi connectivity index (χ3n) is 3.17. The molecule has 100 valence electrons. The maximum absolute atomic E-state index is 12.5. The van der Waals surface area contributed by atoms with Crippen LogP contribution in [0.3, 0.4) is 0 Å². The minimum absolute atomic E-state index is 0.314. The standard InChI is InChI=1S/C15H11ClN2O2/c1-9-5-7-10(8-6-9)18-14(19)13-11(16)3-2-4-12(13)17-15(18)20/h2-8H,1H3,(H,17,20). The van der Waals surface area contributed by atoms with Gasteiger partial charge in [0.15, 0.2) is 0 Å². The molecule has 0 atom stereocenters. The molecule has 0 aliphatic heterocycles. The molecular formula is C15H11ClN2O2. The molecule has 0 saturated carbocycles. The molecule has 0 spiro atoms. The minimum atomic E-state index is -0.478. The van der Waals surface area contributed by atoms with Gasteiger partial charge in [0, 0.05) is 0 Å². The van der Waals surface area contributed by atoms with Gasteiger partial charge < -0.3 is 4.98 Å². The number of rotatable bonds is 1. The molecule has 0 aliphatic rings. The van der Waals surface area contributed by atoms with E-state index in [0.717, 1.165) is 10.1 Å². The highest BCUT2D eigenvalue weighted by molar-refractivity contribution is 6.35. The molecule has 0 aliphatic carbocycles. The van der Waals surface area contributed by atoms with Crippen molar-refractivity contribution < 1.29 is 0 Å². The first kappa shape index (κ1) is 12.7. The molecular weight excluding hydrogens is 276 g/mol. The van der Waals surface area contributed by atoms with Gasteiger partial charge in [-0.15, -0.1) is 0 Å². The topological polar surface area (TPSA) is 54.9 Å². The van der Waals surface area contributed by atoms with Crippen LogP contribution in [0.4, 0.5) is 0 Å². The molecule has 1 aromatic heterocycles. The van der Waals surface area contributed by atoms with E-state index in [1.165, 1.54) is 0 Å². The predicted octanol–water partition coefficient (Wildman–Crippen LogP) is 2.64. The third kappa shape index (κ3) is 1.94. The van der Waals surface area contributed by atoms with E-state index >= 15 is 0 Å². The van der Waals surface area contributed by atoms with Crippen LogP contribution in [-0.2, 0) is 0 Å². The van der Waals surface area contributed by atoms with Crippen LogP contribution in [0.5, 0.6) is 0 Å². The molecule has 0 saturated heterocycles. The van der Waals surface area contributed by atoms with E-state index in [9.17, 15) is 9.59 Å². The Bertz CT molecular complexity index is 908. The maximum Gasteiger partial charge on any atom is 0.333 e. The van der Waals surface area contributed by atoms with E-state index in [2.05, 4.69) is 4.98 Å². The fraction of sp³-hybridized carbons (Fsp3) is 0.0667. The number of fused-ring (bicyclic) bond motifs is 1. The summed E-state index contributed by atoms with van der Waals surface area (Å²) in [5.74, 6) is 0. The SMILES string of the molecule is Cc1ccc(-n2c(=O)[nH]c3cccc(Cl)c3c2=O)cc1. The van der Waals surface area contributed by atoms with Crippen LogP contribution in [0.1, 0.15) is 5.56 Å². The number of halogens is 1. The molecule has 5 heteroatoms. The second-order valence-electron chi connectivity index (χ2n) is 4.57. The van der Waals surface area contributed by atoms with Gasteiger partial charge in [-0.25, -0.2) is 9.36 Å². The zero-order valence-corrected chi connectivity index (χ0v) is 11.4. The lowest BCUT2D eigenvalue weighted by atomic mass is 10.2. The van der Waals surface area contributed by atoms with Crippen LogP contribution in [0.25, 0.3) is 16.6 Å². The maximum atomic E-state index is 12.5. The summed E-state index contributed by atoms with van der Waals surface area (Å²) in [5, 5.41) is 0.638. The third-order valence-corrected chi connectivity index (χ3v) is 3.48. The van der Waals surface area contributed by atoms with Crippen LogP contribution < -0.4 is 11.2 Å². The van der Waals surface area contributed by atoms with Crippen LogP contribution in [0.15, 0.2) is 52.1 Å². The summed E-state index contributed by atoms with van der Waals surface area (Å²) >= 11 is 6.06. The van der Waals surface area contributed by atoms with Crippen molar-refractivity contribution in [3.05, 3.63) is 73.9 Å². The quantitative estimate of drug-likeness (QED) is 0.748. The minimum Gasteiger partial charge on any atom is -0.306 e.